The molecule has 0 saturated carbocycles. The van der Waals surface area contributed by atoms with Crippen molar-refractivity contribution in [1.82, 2.24) is 18.7 Å². The van der Waals surface area contributed by atoms with Gasteiger partial charge < -0.3 is 15.0 Å². The minimum absolute atomic E-state index is 0.0381. The predicted octanol–water partition coefficient (Wildman–Crippen LogP) is 2.82. The van der Waals surface area contributed by atoms with Crippen molar-refractivity contribution in [2.45, 2.75) is 45.2 Å². The van der Waals surface area contributed by atoms with Crippen LogP contribution < -0.4 is 17.0 Å². The van der Waals surface area contributed by atoms with E-state index in [-0.39, 0.29) is 30.3 Å². The van der Waals surface area contributed by atoms with Gasteiger partial charge in [-0.15, -0.1) is 0 Å². The Bertz CT molecular complexity index is 1570. The second-order valence-electron chi connectivity index (χ2n) is 9.17. The molecule has 0 aliphatic heterocycles. The van der Waals surface area contributed by atoms with Crippen molar-refractivity contribution in [2.24, 2.45) is 12.8 Å². The van der Waals surface area contributed by atoms with Gasteiger partial charge in [-0.25, -0.2) is 9.78 Å². The smallest absolute Gasteiger partial charge is 0.332 e. The number of amidine groups is 1. The molecule has 0 atom stereocenters. The van der Waals surface area contributed by atoms with Gasteiger partial charge in [0.15, 0.2) is 5.52 Å². The first-order valence-electron chi connectivity index (χ1n) is 12.6. The van der Waals surface area contributed by atoms with Gasteiger partial charge >= 0.3 is 11.7 Å². The number of fused-ring (bicyclic) bond motifs is 1. The van der Waals surface area contributed by atoms with Crippen molar-refractivity contribution < 1.29 is 9.53 Å². The van der Waals surface area contributed by atoms with Crippen LogP contribution in [-0.4, -0.2) is 37.6 Å². The molecule has 10 nitrogen and oxygen atoms in total. The fourth-order valence-corrected chi connectivity index (χ4v) is 4.58. The van der Waals surface area contributed by atoms with Crippen LogP contribution in [0.1, 0.15) is 36.8 Å². The molecule has 0 unspecified atom stereocenters. The number of aryl methyl sites for hydroxylation is 3. The number of unbranched alkanes of at least 4 members (excludes halogenated alkanes) is 1. The molecule has 2 aromatic heterocycles. The van der Waals surface area contributed by atoms with Crippen molar-refractivity contribution >= 4 is 23.0 Å². The summed E-state index contributed by atoms with van der Waals surface area (Å²) < 4.78 is 9.30. The summed E-state index contributed by atoms with van der Waals surface area (Å²) in [6.07, 6.45) is 2.69. The standard InChI is InChI=1S/C28H32N6O4/c1-32-25(21-15-13-20(14-16-21)24(29)30)31-23-26(32)33(18-8-11-19-9-4-3-5-10-19)28(37)34(27(23)36)17-7-6-12-22(35)38-2/h3-5,9-10,13-16H,6-8,11-12,17-18H2,1-2H3,(H3,29,30). The number of nitrogens with two attached hydrogens (primary N) is 1. The Morgan fingerprint density at radius 3 is 2.32 bits per heavy atom. The quantitative estimate of drug-likeness (QED) is 0.136. The van der Waals surface area contributed by atoms with Crippen LogP contribution in [-0.2, 0) is 36.1 Å². The third-order valence-corrected chi connectivity index (χ3v) is 6.61. The molecule has 10 heteroatoms. The highest BCUT2D eigenvalue weighted by atomic mass is 16.5. The third-order valence-electron chi connectivity index (χ3n) is 6.61. The number of methoxy groups -OCH3 is 1. The van der Waals surface area contributed by atoms with Gasteiger partial charge in [0.1, 0.15) is 17.3 Å². The predicted molar refractivity (Wildman–Crippen MR) is 146 cm³/mol. The van der Waals surface area contributed by atoms with Gasteiger partial charge in [0.05, 0.1) is 7.11 Å². The summed E-state index contributed by atoms with van der Waals surface area (Å²) in [7, 11) is 3.12. The molecule has 38 heavy (non-hydrogen) atoms. The van der Waals surface area contributed by atoms with E-state index in [1.54, 1.807) is 40.4 Å². The van der Waals surface area contributed by atoms with Gasteiger partial charge in [-0.3, -0.25) is 24.1 Å². The van der Waals surface area contributed by atoms with E-state index < -0.39 is 11.2 Å². The SMILES string of the molecule is COC(=O)CCCCn1c(=O)c2nc(-c3ccc(C(=N)N)cc3)n(C)c2n(CCCc2ccccc2)c1=O. The minimum atomic E-state index is -0.454. The molecule has 0 radical (unpaired) electrons. The fourth-order valence-electron chi connectivity index (χ4n) is 4.58. The molecular weight excluding hydrogens is 484 g/mol. The molecule has 0 fully saturated rings. The van der Waals surface area contributed by atoms with Gasteiger partial charge in [-0.2, -0.15) is 0 Å². The van der Waals surface area contributed by atoms with Crippen molar-refractivity contribution in [3.05, 3.63) is 86.6 Å². The van der Waals surface area contributed by atoms with Crippen LogP contribution in [0.5, 0.6) is 0 Å². The lowest BCUT2D eigenvalue weighted by Gasteiger charge is -2.13. The third kappa shape index (κ3) is 5.59. The summed E-state index contributed by atoms with van der Waals surface area (Å²) in [5.41, 5.74) is 7.90. The molecule has 2 heterocycles. The number of benzene rings is 2. The zero-order valence-corrected chi connectivity index (χ0v) is 21.6. The Balaban J connectivity index is 1.74. The molecule has 198 valence electrons. The van der Waals surface area contributed by atoms with E-state index in [0.29, 0.717) is 42.8 Å². The largest absolute Gasteiger partial charge is 0.469 e. The number of aromatic nitrogens is 4. The number of imidazole rings is 1. The average molecular weight is 517 g/mol. The monoisotopic (exact) mass is 516 g/mol. The summed E-state index contributed by atoms with van der Waals surface area (Å²) in [5.74, 6) is 0.173. The second-order valence-corrected chi connectivity index (χ2v) is 9.17. The number of ether oxygens (including phenoxy) is 1. The Morgan fingerprint density at radius 2 is 1.66 bits per heavy atom. The minimum Gasteiger partial charge on any atom is -0.469 e. The van der Waals surface area contributed by atoms with Gasteiger partial charge in [-0.05, 0) is 31.2 Å². The summed E-state index contributed by atoms with van der Waals surface area (Å²) in [6, 6.07) is 17.1. The molecular formula is C28H32N6O4. The molecule has 0 spiro atoms. The number of carbonyl (C=O) groups is 1. The molecule has 0 bridgehead atoms. The van der Waals surface area contributed by atoms with E-state index >= 15 is 0 Å². The van der Waals surface area contributed by atoms with Crippen molar-refractivity contribution in [1.29, 1.82) is 5.41 Å². The molecule has 2 aromatic carbocycles. The zero-order valence-electron chi connectivity index (χ0n) is 21.6. The second kappa shape index (κ2) is 11.7. The van der Waals surface area contributed by atoms with Gasteiger partial charge in [0.2, 0.25) is 0 Å². The van der Waals surface area contributed by atoms with E-state index in [0.717, 1.165) is 12.0 Å². The lowest BCUT2D eigenvalue weighted by atomic mass is 10.1. The van der Waals surface area contributed by atoms with Crippen LogP contribution in [0.25, 0.3) is 22.6 Å². The highest BCUT2D eigenvalue weighted by molar-refractivity contribution is 5.95. The van der Waals surface area contributed by atoms with Crippen molar-refractivity contribution in [3.8, 4) is 11.4 Å². The lowest BCUT2D eigenvalue weighted by molar-refractivity contribution is -0.140. The number of rotatable bonds is 11. The normalized spacial score (nSPS) is 11.1. The van der Waals surface area contributed by atoms with Gasteiger partial charge in [0, 0.05) is 37.7 Å². The molecule has 4 rings (SSSR count). The summed E-state index contributed by atoms with van der Waals surface area (Å²) in [6.45, 7) is 0.595. The first-order valence-corrected chi connectivity index (χ1v) is 12.6. The van der Waals surface area contributed by atoms with Crippen LogP contribution in [0.2, 0.25) is 0 Å². The maximum Gasteiger partial charge on any atom is 0.332 e. The van der Waals surface area contributed by atoms with E-state index in [1.807, 2.05) is 30.3 Å². The molecule has 0 aliphatic rings. The van der Waals surface area contributed by atoms with Crippen LogP contribution in [0, 0.1) is 5.41 Å². The van der Waals surface area contributed by atoms with Crippen LogP contribution in [0.15, 0.2) is 64.2 Å². The molecule has 0 aliphatic carbocycles. The maximum atomic E-state index is 13.6. The average Bonchev–Trinajstić information content (AvgIpc) is 3.27. The lowest BCUT2D eigenvalue weighted by Crippen LogP contribution is -2.40. The van der Waals surface area contributed by atoms with Crippen molar-refractivity contribution in [2.75, 3.05) is 7.11 Å². The van der Waals surface area contributed by atoms with Crippen LogP contribution in [0.3, 0.4) is 0 Å². The number of nitrogens with one attached hydrogen (secondary N) is 1. The number of nitrogen functional groups attached to an aromatic ring is 1. The number of nitrogens with zero attached hydrogens (tertiary/aromatic N) is 4. The van der Waals surface area contributed by atoms with Gasteiger partial charge in [0.25, 0.3) is 5.56 Å². The summed E-state index contributed by atoms with van der Waals surface area (Å²) >= 11 is 0. The maximum absolute atomic E-state index is 13.6. The highest BCUT2D eigenvalue weighted by Gasteiger charge is 2.21. The molecule has 3 N–H and O–H groups in total. The highest BCUT2D eigenvalue weighted by Crippen LogP contribution is 2.22. The number of hydrogen-bond acceptors (Lipinski definition) is 6. The van der Waals surface area contributed by atoms with E-state index in [9.17, 15) is 14.4 Å². The first-order chi connectivity index (χ1) is 18.3. The number of esters is 1. The zero-order chi connectivity index (χ0) is 27.2. The Morgan fingerprint density at radius 1 is 0.974 bits per heavy atom. The van der Waals surface area contributed by atoms with E-state index in [4.69, 9.17) is 11.1 Å². The first kappa shape index (κ1) is 26.6. The Labute approximate surface area is 219 Å². The van der Waals surface area contributed by atoms with Gasteiger partial charge in [-0.1, -0.05) is 54.6 Å². The Kier molecular flexibility index (Phi) is 8.20. The van der Waals surface area contributed by atoms with Crippen molar-refractivity contribution in [3.63, 3.8) is 0 Å². The molecule has 4 aromatic rings. The fraction of sp³-hybridized carbons (Fsp3) is 0.321. The topological polar surface area (TPSA) is 138 Å². The van der Waals surface area contributed by atoms with Crippen LogP contribution in [0.4, 0.5) is 0 Å². The van der Waals surface area contributed by atoms with E-state index in [2.05, 4.69) is 9.72 Å². The number of hydrogen-bond donors (Lipinski definition) is 2. The summed E-state index contributed by atoms with van der Waals surface area (Å²) in [4.78, 5) is 43.2. The van der Waals surface area contributed by atoms with E-state index in [1.165, 1.54) is 17.2 Å². The summed E-state index contributed by atoms with van der Waals surface area (Å²) in [5, 5.41) is 7.62. The Hall–Kier alpha value is -4.47. The van der Waals surface area contributed by atoms with Crippen LogP contribution >= 0.6 is 0 Å². The molecule has 0 amide bonds. The molecule has 0 saturated heterocycles. The number of carbonyl (C=O) groups excluding carboxylic acids is 1.